The van der Waals surface area contributed by atoms with Crippen molar-refractivity contribution < 1.29 is 22.7 Å². The fourth-order valence-corrected chi connectivity index (χ4v) is 1.67. The van der Waals surface area contributed by atoms with E-state index in [1.165, 1.54) is 0 Å². The zero-order valence-corrected chi connectivity index (χ0v) is 8.30. The molecule has 0 spiro atoms. The topological polar surface area (TPSA) is 26.3 Å². The van der Waals surface area contributed by atoms with Gasteiger partial charge in [-0.05, 0) is 6.07 Å². The van der Waals surface area contributed by atoms with Crippen LogP contribution in [-0.2, 0) is 9.53 Å². The van der Waals surface area contributed by atoms with Crippen LogP contribution in [-0.4, -0.2) is 12.4 Å². The van der Waals surface area contributed by atoms with Crippen molar-refractivity contribution in [2.75, 3.05) is 6.61 Å². The number of halogens is 3. The average molecular weight is 230 g/mol. The quantitative estimate of drug-likeness (QED) is 0.693. The maximum atomic E-state index is 13.3. The van der Waals surface area contributed by atoms with Crippen LogP contribution >= 0.6 is 0 Å². The van der Waals surface area contributed by atoms with Gasteiger partial charge < -0.3 is 4.74 Å². The summed E-state index contributed by atoms with van der Waals surface area (Å²) in [6, 6.07) is 1.21. The molecule has 1 fully saturated rings. The van der Waals surface area contributed by atoms with E-state index in [0.717, 1.165) is 6.07 Å². The summed E-state index contributed by atoms with van der Waals surface area (Å²) < 4.78 is 44.1. The summed E-state index contributed by atoms with van der Waals surface area (Å²) in [7, 11) is 0. The molecular formula is C11H9F3O2. The molecule has 0 amide bonds. The fourth-order valence-electron chi connectivity index (χ4n) is 1.67. The molecule has 2 nitrogen and oxygen atoms in total. The largest absolute Gasteiger partial charge is 0.372 e. The lowest BCUT2D eigenvalue weighted by Gasteiger charge is -2.22. The van der Waals surface area contributed by atoms with E-state index in [2.05, 4.69) is 0 Å². The summed E-state index contributed by atoms with van der Waals surface area (Å²) in [6.07, 6.45) is -0.527. The summed E-state index contributed by atoms with van der Waals surface area (Å²) in [5.41, 5.74) is -0.105. The van der Waals surface area contributed by atoms with Crippen LogP contribution in [0, 0.1) is 17.5 Å². The second-order valence-corrected chi connectivity index (χ2v) is 3.64. The van der Waals surface area contributed by atoms with Crippen LogP contribution in [0.15, 0.2) is 12.1 Å². The highest BCUT2D eigenvalue weighted by atomic mass is 19.2. The molecule has 0 radical (unpaired) electrons. The number of hydrogen-bond acceptors (Lipinski definition) is 2. The Bertz CT molecular complexity index is 431. The monoisotopic (exact) mass is 230 g/mol. The van der Waals surface area contributed by atoms with Crippen molar-refractivity contribution >= 4 is 5.78 Å². The van der Waals surface area contributed by atoms with Gasteiger partial charge in [0.05, 0.1) is 12.7 Å². The zero-order valence-electron chi connectivity index (χ0n) is 8.30. The third-order valence-corrected chi connectivity index (χ3v) is 2.50. The Balaban J connectivity index is 2.32. The number of rotatable bonds is 1. The van der Waals surface area contributed by atoms with Gasteiger partial charge in [0.15, 0.2) is 11.6 Å². The Morgan fingerprint density at radius 1 is 1.12 bits per heavy atom. The molecule has 1 aliphatic rings. The average Bonchev–Trinajstić information content (AvgIpc) is 2.23. The molecule has 1 unspecified atom stereocenters. The number of benzene rings is 1. The van der Waals surface area contributed by atoms with E-state index in [1.54, 1.807) is 0 Å². The van der Waals surface area contributed by atoms with Crippen LogP contribution < -0.4 is 0 Å². The van der Waals surface area contributed by atoms with Crippen LogP contribution in [0.1, 0.15) is 24.5 Å². The van der Waals surface area contributed by atoms with Crippen molar-refractivity contribution in [3.8, 4) is 0 Å². The third kappa shape index (κ3) is 2.09. The summed E-state index contributed by atoms with van der Waals surface area (Å²) in [4.78, 5) is 11.1. The SMILES string of the molecule is O=C1CCOC(c2cc(F)c(F)cc2F)C1. The highest BCUT2D eigenvalue weighted by molar-refractivity contribution is 5.79. The van der Waals surface area contributed by atoms with Crippen molar-refractivity contribution in [1.82, 2.24) is 0 Å². The van der Waals surface area contributed by atoms with Crippen LogP contribution in [0.25, 0.3) is 0 Å². The zero-order chi connectivity index (χ0) is 11.7. The Morgan fingerprint density at radius 3 is 2.50 bits per heavy atom. The van der Waals surface area contributed by atoms with Crippen molar-refractivity contribution in [2.24, 2.45) is 0 Å². The molecule has 1 aromatic carbocycles. The first-order valence-corrected chi connectivity index (χ1v) is 4.85. The van der Waals surface area contributed by atoms with E-state index in [1.807, 2.05) is 0 Å². The molecule has 0 aliphatic carbocycles. The van der Waals surface area contributed by atoms with E-state index in [4.69, 9.17) is 4.74 Å². The molecule has 0 aromatic heterocycles. The van der Waals surface area contributed by atoms with Crippen molar-refractivity contribution in [1.29, 1.82) is 0 Å². The second-order valence-electron chi connectivity index (χ2n) is 3.64. The van der Waals surface area contributed by atoms with Gasteiger partial charge >= 0.3 is 0 Å². The molecule has 16 heavy (non-hydrogen) atoms. The van der Waals surface area contributed by atoms with Crippen LogP contribution in [0.4, 0.5) is 13.2 Å². The van der Waals surface area contributed by atoms with Crippen molar-refractivity contribution in [3.63, 3.8) is 0 Å². The highest BCUT2D eigenvalue weighted by Crippen LogP contribution is 2.29. The first kappa shape index (κ1) is 11.1. The van der Waals surface area contributed by atoms with Gasteiger partial charge in [0.1, 0.15) is 11.6 Å². The van der Waals surface area contributed by atoms with Gasteiger partial charge in [-0.25, -0.2) is 13.2 Å². The molecule has 1 aliphatic heterocycles. The van der Waals surface area contributed by atoms with E-state index in [0.29, 0.717) is 6.07 Å². The van der Waals surface area contributed by atoms with Gasteiger partial charge in [-0.3, -0.25) is 4.79 Å². The highest BCUT2D eigenvalue weighted by Gasteiger charge is 2.25. The lowest BCUT2D eigenvalue weighted by atomic mass is 10.00. The molecule has 1 atom stereocenters. The smallest absolute Gasteiger partial charge is 0.161 e. The van der Waals surface area contributed by atoms with Gasteiger partial charge in [-0.1, -0.05) is 0 Å². The standard InChI is InChI=1S/C11H9F3O2/c12-8-5-10(14)9(13)4-7(8)11-3-6(15)1-2-16-11/h4-5,11H,1-3H2. The minimum atomic E-state index is -1.25. The molecule has 5 heteroatoms. The third-order valence-electron chi connectivity index (χ3n) is 2.50. The minimum Gasteiger partial charge on any atom is -0.372 e. The molecule has 0 bridgehead atoms. The molecule has 86 valence electrons. The van der Waals surface area contributed by atoms with Crippen molar-refractivity contribution in [2.45, 2.75) is 18.9 Å². The number of hydrogen-bond donors (Lipinski definition) is 0. The normalized spacial score (nSPS) is 21.2. The van der Waals surface area contributed by atoms with Gasteiger partial charge in [-0.15, -0.1) is 0 Å². The molecule has 0 N–H and O–H groups in total. The van der Waals surface area contributed by atoms with E-state index >= 15 is 0 Å². The number of carbonyl (C=O) groups excluding carboxylic acids is 1. The van der Waals surface area contributed by atoms with Gasteiger partial charge in [0.2, 0.25) is 0 Å². The van der Waals surface area contributed by atoms with E-state index in [9.17, 15) is 18.0 Å². The molecular weight excluding hydrogens is 221 g/mol. The Morgan fingerprint density at radius 2 is 1.81 bits per heavy atom. The second kappa shape index (κ2) is 4.25. The molecule has 1 aromatic rings. The lowest BCUT2D eigenvalue weighted by molar-refractivity contribution is -0.128. The molecule has 2 rings (SSSR count). The maximum Gasteiger partial charge on any atom is 0.161 e. The minimum absolute atomic E-state index is 0.00198. The van der Waals surface area contributed by atoms with Crippen LogP contribution in [0.2, 0.25) is 0 Å². The summed E-state index contributed by atoms with van der Waals surface area (Å²) in [5, 5.41) is 0. The molecule has 0 saturated carbocycles. The predicted molar refractivity (Wildman–Crippen MR) is 49.3 cm³/mol. The summed E-state index contributed by atoms with van der Waals surface area (Å²) in [5.74, 6) is -3.35. The molecule has 1 saturated heterocycles. The lowest BCUT2D eigenvalue weighted by Crippen LogP contribution is -2.20. The Labute approximate surface area is 90.0 Å². The fraction of sp³-hybridized carbons (Fsp3) is 0.364. The van der Waals surface area contributed by atoms with Crippen molar-refractivity contribution in [3.05, 3.63) is 35.1 Å². The maximum absolute atomic E-state index is 13.3. The van der Waals surface area contributed by atoms with E-state index < -0.39 is 23.6 Å². The number of carbonyl (C=O) groups is 1. The van der Waals surface area contributed by atoms with Crippen LogP contribution in [0.3, 0.4) is 0 Å². The summed E-state index contributed by atoms with van der Waals surface area (Å²) in [6.45, 7) is 0.182. The Kier molecular flexibility index (Phi) is 2.96. The van der Waals surface area contributed by atoms with Crippen LogP contribution in [0.5, 0.6) is 0 Å². The number of Topliss-reactive ketones (excluding diaryl/α,β-unsaturated/α-hetero) is 1. The van der Waals surface area contributed by atoms with Gasteiger partial charge in [-0.2, -0.15) is 0 Å². The first-order valence-electron chi connectivity index (χ1n) is 4.85. The van der Waals surface area contributed by atoms with Gasteiger partial charge in [0, 0.05) is 24.5 Å². The molecule has 1 heterocycles. The Hall–Kier alpha value is -1.36. The van der Waals surface area contributed by atoms with Gasteiger partial charge in [0.25, 0.3) is 0 Å². The number of ether oxygens (including phenoxy) is 1. The number of ketones is 1. The van der Waals surface area contributed by atoms with E-state index in [-0.39, 0.29) is 30.8 Å². The first-order chi connectivity index (χ1) is 7.58. The summed E-state index contributed by atoms with van der Waals surface area (Å²) >= 11 is 0. The predicted octanol–water partition coefficient (Wildman–Crippen LogP) is 2.52.